The lowest BCUT2D eigenvalue weighted by molar-refractivity contribution is -0.160. The first-order valence-corrected chi connectivity index (χ1v) is 13.3. The average Bonchev–Trinajstić information content (AvgIpc) is 2.75. The number of benzene rings is 1. The van der Waals surface area contributed by atoms with Crippen LogP contribution in [-0.4, -0.2) is 35.8 Å². The lowest BCUT2D eigenvalue weighted by atomic mass is 9.35. The van der Waals surface area contributed by atoms with Crippen LogP contribution < -0.4 is 10.4 Å². The molecule has 4 aliphatic carbocycles. The zero-order valence-corrected chi connectivity index (χ0v) is 22.5. The Hall–Kier alpha value is -1.74. The predicted molar refractivity (Wildman–Crippen MR) is 141 cm³/mol. The summed E-state index contributed by atoms with van der Waals surface area (Å²) in [5.41, 5.74) is 3.71. The molecule has 34 heavy (non-hydrogen) atoms. The molecule has 0 unspecified atom stereocenters. The molecule has 0 heterocycles. The molecule has 3 fully saturated rings. The number of phenols is 2. The third kappa shape index (κ3) is 2.98. The first kappa shape index (κ1) is 24.0. The van der Waals surface area contributed by atoms with E-state index in [1.807, 2.05) is 6.07 Å². The molecule has 0 radical (unpaired) electrons. The summed E-state index contributed by atoms with van der Waals surface area (Å²) in [6, 6.07) is 1.82. The van der Waals surface area contributed by atoms with Crippen LogP contribution in [0.3, 0.4) is 0 Å². The molecule has 0 spiro atoms. The minimum absolute atomic E-state index is 0.0407. The van der Waals surface area contributed by atoms with Crippen molar-refractivity contribution in [3.63, 3.8) is 0 Å². The molecule has 0 aromatic heterocycles. The molecule has 1 aromatic carbocycles. The Kier molecular flexibility index (Phi) is 5.04. The largest absolute Gasteiger partial charge is 0.504 e. The van der Waals surface area contributed by atoms with E-state index in [1.165, 1.54) is 50.6 Å². The molecule has 3 nitrogen and oxygen atoms in total. The monoisotopic (exact) mass is 463 g/mol. The minimum Gasteiger partial charge on any atom is -0.504 e. The number of aromatic hydroxyl groups is 2. The van der Waals surface area contributed by atoms with Crippen LogP contribution in [0.4, 0.5) is 0 Å². The van der Waals surface area contributed by atoms with Crippen molar-refractivity contribution in [3.05, 3.63) is 33.7 Å². The van der Waals surface area contributed by atoms with E-state index in [2.05, 4.69) is 72.3 Å². The Morgan fingerprint density at radius 2 is 1.62 bits per heavy atom. The second kappa shape index (κ2) is 7.15. The van der Waals surface area contributed by atoms with Gasteiger partial charge < -0.3 is 15.1 Å². The Labute approximate surface area is 206 Å². The topological polar surface area (TPSA) is 43.7 Å². The number of phenolic OH excluding ortho intramolecular Hbond substituents is 2. The molecule has 186 valence electrons. The maximum Gasteiger partial charge on any atom is 0.164 e. The quantitative estimate of drug-likeness (QED) is 0.572. The van der Waals surface area contributed by atoms with Gasteiger partial charge in [-0.3, -0.25) is 0 Å². The van der Waals surface area contributed by atoms with Gasteiger partial charge in [0.1, 0.15) is 0 Å². The Morgan fingerprint density at radius 1 is 0.941 bits per heavy atom. The van der Waals surface area contributed by atoms with Crippen molar-refractivity contribution in [2.75, 3.05) is 20.6 Å². The van der Waals surface area contributed by atoms with Gasteiger partial charge >= 0.3 is 0 Å². The van der Waals surface area contributed by atoms with Gasteiger partial charge in [0.25, 0.3) is 0 Å². The normalized spacial score (nSPS) is 43.2. The number of allylic oxidation sites excluding steroid dienone is 2. The van der Waals surface area contributed by atoms with Crippen LogP contribution in [0.25, 0.3) is 12.7 Å². The number of nitrogens with zero attached hydrogens (tertiary/aromatic N) is 1. The fraction of sp³-hybridized carbons (Fsp3) is 0.677. The zero-order valence-electron chi connectivity index (χ0n) is 22.5. The summed E-state index contributed by atoms with van der Waals surface area (Å²) in [7, 11) is 4.45. The molecule has 0 aliphatic heterocycles. The van der Waals surface area contributed by atoms with Crippen molar-refractivity contribution >= 4 is 12.7 Å². The van der Waals surface area contributed by atoms with E-state index in [0.29, 0.717) is 22.0 Å². The van der Waals surface area contributed by atoms with Gasteiger partial charge in [-0.05, 0) is 103 Å². The second-order valence-corrected chi connectivity index (χ2v) is 14.0. The third-order valence-corrected chi connectivity index (χ3v) is 11.5. The minimum atomic E-state index is -0.134. The van der Waals surface area contributed by atoms with Crippen molar-refractivity contribution in [3.8, 4) is 11.5 Å². The van der Waals surface area contributed by atoms with Crippen LogP contribution >= 0.6 is 0 Å². The van der Waals surface area contributed by atoms with Gasteiger partial charge in [0, 0.05) is 17.2 Å². The fourth-order valence-electron chi connectivity index (χ4n) is 9.34. The molecule has 3 heteroatoms. The molecule has 4 aliphatic rings. The van der Waals surface area contributed by atoms with E-state index in [4.69, 9.17) is 0 Å². The van der Waals surface area contributed by atoms with Crippen LogP contribution in [-0.2, 0) is 5.41 Å². The maximum absolute atomic E-state index is 10.5. The highest BCUT2D eigenvalue weighted by Crippen LogP contribution is 2.74. The van der Waals surface area contributed by atoms with Crippen molar-refractivity contribution < 1.29 is 10.2 Å². The molecule has 0 bridgehead atoms. The maximum atomic E-state index is 10.5. The molecule has 0 saturated heterocycles. The molecular formula is C31H45NO2. The third-order valence-electron chi connectivity index (χ3n) is 11.5. The highest BCUT2D eigenvalue weighted by atomic mass is 16.3. The van der Waals surface area contributed by atoms with Crippen molar-refractivity contribution in [2.45, 2.75) is 85.0 Å². The first-order chi connectivity index (χ1) is 15.7. The van der Waals surface area contributed by atoms with Crippen LogP contribution in [0.15, 0.2) is 17.7 Å². The van der Waals surface area contributed by atoms with Crippen molar-refractivity contribution in [1.29, 1.82) is 0 Å². The van der Waals surface area contributed by atoms with Gasteiger partial charge in [-0.15, -0.1) is 0 Å². The highest BCUT2D eigenvalue weighted by Gasteiger charge is 2.66. The summed E-state index contributed by atoms with van der Waals surface area (Å²) in [5, 5.41) is 22.4. The standard InChI is InChI=1S/C31H45NO2/c1-20-21-9-10-24-29(4,22(21)17-23(33)26(20)34)14-16-31(6)25-18-27(2,19-32(7)8)11-12-28(25,3)13-15-30(24,31)5/h9-10,17,25,33-34H,1,11-16,18-19H2,2-8H3/t25-,27-,28-,29+,30-,31+/m1/s1. The van der Waals surface area contributed by atoms with Gasteiger partial charge in [0.15, 0.2) is 11.5 Å². The SMILES string of the molecule is C=c1c(O)c(O)cc2c1=CC=C1[C@@]2(C)CC[C@@]2(C)[C@@H]3C[C@](C)(CN(C)C)CC[C@]3(C)CC[C@]12C. The molecule has 6 atom stereocenters. The lowest BCUT2D eigenvalue weighted by Crippen LogP contribution is -2.63. The van der Waals surface area contributed by atoms with Gasteiger partial charge in [-0.2, -0.15) is 0 Å². The van der Waals surface area contributed by atoms with Gasteiger partial charge in [-0.1, -0.05) is 58.9 Å². The smallest absolute Gasteiger partial charge is 0.164 e. The van der Waals surface area contributed by atoms with Crippen molar-refractivity contribution in [2.24, 2.45) is 27.6 Å². The van der Waals surface area contributed by atoms with Crippen LogP contribution in [0.5, 0.6) is 11.5 Å². The van der Waals surface area contributed by atoms with Gasteiger partial charge in [-0.25, -0.2) is 0 Å². The van der Waals surface area contributed by atoms with E-state index < -0.39 is 0 Å². The Bertz CT molecular complexity index is 1180. The number of rotatable bonds is 2. The number of hydrogen-bond acceptors (Lipinski definition) is 3. The van der Waals surface area contributed by atoms with Crippen molar-refractivity contribution in [1.82, 2.24) is 4.90 Å². The molecule has 5 rings (SSSR count). The summed E-state index contributed by atoms with van der Waals surface area (Å²) in [5.74, 6) is 0.583. The zero-order chi connectivity index (χ0) is 24.9. The number of fused-ring (bicyclic) bond motifs is 7. The summed E-state index contributed by atoms with van der Waals surface area (Å²) in [6.45, 7) is 17.9. The van der Waals surface area contributed by atoms with Gasteiger partial charge in [0.2, 0.25) is 0 Å². The van der Waals surface area contributed by atoms with E-state index in [1.54, 1.807) is 0 Å². The van der Waals surface area contributed by atoms with E-state index >= 15 is 0 Å². The Balaban J connectivity index is 1.64. The Morgan fingerprint density at radius 3 is 2.29 bits per heavy atom. The van der Waals surface area contributed by atoms with E-state index in [9.17, 15) is 10.2 Å². The fourth-order valence-corrected chi connectivity index (χ4v) is 9.34. The second-order valence-electron chi connectivity index (χ2n) is 14.0. The molecule has 1 aromatic rings. The summed E-state index contributed by atoms with van der Waals surface area (Å²) >= 11 is 0. The van der Waals surface area contributed by atoms with Crippen LogP contribution in [0, 0.1) is 27.6 Å². The molecule has 2 N–H and O–H groups in total. The summed E-state index contributed by atoms with van der Waals surface area (Å²) in [6.07, 6.45) is 13.3. The van der Waals surface area contributed by atoms with E-state index in [0.717, 1.165) is 17.2 Å². The predicted octanol–water partition coefficient (Wildman–Crippen LogP) is 5.46. The van der Waals surface area contributed by atoms with Crippen LogP contribution in [0.2, 0.25) is 0 Å². The molecular weight excluding hydrogens is 418 g/mol. The number of hydrogen-bond donors (Lipinski definition) is 2. The van der Waals surface area contributed by atoms with Crippen LogP contribution in [0.1, 0.15) is 85.1 Å². The van der Waals surface area contributed by atoms with Gasteiger partial charge in [0.05, 0.1) is 0 Å². The average molecular weight is 464 g/mol. The molecule has 0 amide bonds. The summed E-state index contributed by atoms with van der Waals surface area (Å²) < 4.78 is 0. The lowest BCUT2D eigenvalue weighted by Gasteiger charge is -2.70. The molecule has 3 saturated carbocycles. The highest BCUT2D eigenvalue weighted by molar-refractivity contribution is 5.61. The van der Waals surface area contributed by atoms with E-state index in [-0.39, 0.29) is 27.7 Å². The first-order valence-electron chi connectivity index (χ1n) is 13.3. The summed E-state index contributed by atoms with van der Waals surface area (Å²) in [4.78, 5) is 2.39.